The summed E-state index contributed by atoms with van der Waals surface area (Å²) < 4.78 is 9.18. The average Bonchev–Trinajstić information content (AvgIpc) is 3.83. The standard InChI is InChI=1S/C51H32N4O/c1-4-14-33(15-5-1)35-18-12-20-37(30-35)49-52-50(38-21-13-19-36(31-38)34-16-6-2-7-17-34)54-51(53-49)39-26-27-41-42-28-29-45-47(48(42)56-46(41)32-39)43-24-10-11-25-44(43)55(45)40-22-8-3-9-23-40/h1-32H. The maximum Gasteiger partial charge on any atom is 0.164 e. The molecule has 11 rings (SSSR count). The molecule has 0 amide bonds. The SMILES string of the molecule is c1ccc(-c2cccc(-c3nc(-c4cccc(-c5ccccc5)c4)nc(-c4ccc5c(c4)oc4c5ccc5c4c4ccccc4n5-c4ccccc4)n3)c2)cc1. The van der Waals surface area contributed by atoms with Gasteiger partial charge in [0, 0.05) is 38.5 Å². The van der Waals surface area contributed by atoms with Crippen LogP contribution in [0.1, 0.15) is 0 Å². The van der Waals surface area contributed by atoms with Gasteiger partial charge in [-0.15, -0.1) is 0 Å². The van der Waals surface area contributed by atoms with Gasteiger partial charge in [-0.2, -0.15) is 0 Å². The number of rotatable bonds is 6. The van der Waals surface area contributed by atoms with Crippen LogP contribution in [-0.2, 0) is 0 Å². The molecule has 0 radical (unpaired) electrons. The Morgan fingerprint density at radius 3 is 1.46 bits per heavy atom. The summed E-state index contributed by atoms with van der Waals surface area (Å²) >= 11 is 0. The minimum Gasteiger partial charge on any atom is -0.455 e. The first-order valence-corrected chi connectivity index (χ1v) is 18.8. The Labute approximate surface area is 322 Å². The van der Waals surface area contributed by atoms with E-state index in [1.165, 1.54) is 0 Å². The zero-order valence-corrected chi connectivity index (χ0v) is 30.2. The van der Waals surface area contributed by atoms with Gasteiger partial charge in [0.2, 0.25) is 0 Å². The molecule has 11 aromatic rings. The molecule has 5 heteroatoms. The van der Waals surface area contributed by atoms with Crippen LogP contribution in [0.15, 0.2) is 199 Å². The number of fused-ring (bicyclic) bond motifs is 7. The van der Waals surface area contributed by atoms with E-state index in [1.807, 2.05) is 12.1 Å². The van der Waals surface area contributed by atoms with E-state index in [0.29, 0.717) is 17.5 Å². The highest BCUT2D eigenvalue weighted by Crippen LogP contribution is 2.41. The quantitative estimate of drug-likeness (QED) is 0.172. The molecule has 0 saturated carbocycles. The van der Waals surface area contributed by atoms with E-state index >= 15 is 0 Å². The third-order valence-electron chi connectivity index (χ3n) is 10.6. The number of para-hydroxylation sites is 2. The van der Waals surface area contributed by atoms with Crippen LogP contribution in [0.5, 0.6) is 0 Å². The number of furan rings is 1. The first kappa shape index (κ1) is 31.9. The molecule has 0 fully saturated rings. The lowest BCUT2D eigenvalue weighted by Crippen LogP contribution is -2.00. The van der Waals surface area contributed by atoms with E-state index in [1.54, 1.807) is 0 Å². The molecule has 3 heterocycles. The summed E-state index contributed by atoms with van der Waals surface area (Å²) in [5.74, 6) is 1.79. The molecule has 56 heavy (non-hydrogen) atoms. The minimum absolute atomic E-state index is 0.577. The van der Waals surface area contributed by atoms with Crippen molar-refractivity contribution < 1.29 is 4.42 Å². The molecular formula is C51H32N4O. The Morgan fingerprint density at radius 1 is 0.339 bits per heavy atom. The van der Waals surface area contributed by atoms with Crippen LogP contribution in [0.4, 0.5) is 0 Å². The summed E-state index contributed by atoms with van der Waals surface area (Å²) in [6.45, 7) is 0. The summed E-state index contributed by atoms with van der Waals surface area (Å²) in [5.41, 5.74) is 12.1. The van der Waals surface area contributed by atoms with Crippen LogP contribution in [-0.4, -0.2) is 19.5 Å². The van der Waals surface area contributed by atoms with Crippen molar-refractivity contribution in [1.29, 1.82) is 0 Å². The largest absolute Gasteiger partial charge is 0.455 e. The molecule has 0 bridgehead atoms. The second-order valence-electron chi connectivity index (χ2n) is 14.0. The van der Waals surface area contributed by atoms with Crippen molar-refractivity contribution >= 4 is 43.7 Å². The van der Waals surface area contributed by atoms with Crippen molar-refractivity contribution in [3.05, 3.63) is 194 Å². The van der Waals surface area contributed by atoms with Crippen LogP contribution in [0.2, 0.25) is 0 Å². The Hall–Kier alpha value is -7.63. The molecule has 0 N–H and O–H groups in total. The molecular weight excluding hydrogens is 685 g/mol. The molecule has 0 aliphatic heterocycles. The fraction of sp³-hybridized carbons (Fsp3) is 0. The maximum absolute atomic E-state index is 6.86. The molecule has 0 aliphatic carbocycles. The van der Waals surface area contributed by atoms with Crippen molar-refractivity contribution in [2.75, 3.05) is 0 Å². The lowest BCUT2D eigenvalue weighted by molar-refractivity contribution is 0.673. The van der Waals surface area contributed by atoms with E-state index in [2.05, 4.69) is 187 Å². The monoisotopic (exact) mass is 716 g/mol. The van der Waals surface area contributed by atoms with E-state index in [4.69, 9.17) is 19.4 Å². The van der Waals surface area contributed by atoms with Crippen LogP contribution >= 0.6 is 0 Å². The topological polar surface area (TPSA) is 56.7 Å². The predicted octanol–water partition coefficient (Wildman–Crippen LogP) is 13.2. The van der Waals surface area contributed by atoms with Gasteiger partial charge in [0.15, 0.2) is 17.5 Å². The van der Waals surface area contributed by atoms with Gasteiger partial charge in [0.25, 0.3) is 0 Å². The Kier molecular flexibility index (Phi) is 7.42. The molecule has 0 aliphatic rings. The first-order chi connectivity index (χ1) is 27.7. The number of nitrogens with zero attached hydrogens (tertiary/aromatic N) is 4. The highest BCUT2D eigenvalue weighted by molar-refractivity contribution is 6.24. The third-order valence-corrected chi connectivity index (χ3v) is 10.6. The van der Waals surface area contributed by atoms with Gasteiger partial charge in [0.1, 0.15) is 11.2 Å². The zero-order chi connectivity index (χ0) is 37.0. The molecule has 0 spiro atoms. The summed E-state index contributed by atoms with van der Waals surface area (Å²) in [4.78, 5) is 15.4. The van der Waals surface area contributed by atoms with Crippen molar-refractivity contribution in [2.45, 2.75) is 0 Å². The number of hydrogen-bond donors (Lipinski definition) is 0. The van der Waals surface area contributed by atoms with Crippen molar-refractivity contribution in [1.82, 2.24) is 19.5 Å². The number of hydrogen-bond acceptors (Lipinski definition) is 4. The predicted molar refractivity (Wildman–Crippen MR) is 229 cm³/mol. The summed E-state index contributed by atoms with van der Waals surface area (Å²) in [6.07, 6.45) is 0. The fourth-order valence-electron chi connectivity index (χ4n) is 7.98. The van der Waals surface area contributed by atoms with E-state index in [-0.39, 0.29) is 0 Å². The number of benzene rings is 8. The van der Waals surface area contributed by atoms with Gasteiger partial charge in [0.05, 0.1) is 16.4 Å². The summed E-state index contributed by atoms with van der Waals surface area (Å²) in [7, 11) is 0. The highest BCUT2D eigenvalue weighted by Gasteiger charge is 2.20. The van der Waals surface area contributed by atoms with Gasteiger partial charge in [-0.1, -0.05) is 140 Å². The third kappa shape index (κ3) is 5.37. The second-order valence-corrected chi connectivity index (χ2v) is 14.0. The average molecular weight is 717 g/mol. The summed E-state index contributed by atoms with van der Waals surface area (Å²) in [6, 6.07) is 67.3. The second kappa shape index (κ2) is 13.0. The molecule has 3 aromatic heterocycles. The highest BCUT2D eigenvalue weighted by atomic mass is 16.3. The fourth-order valence-corrected chi connectivity index (χ4v) is 7.98. The lowest BCUT2D eigenvalue weighted by atomic mass is 10.0. The molecule has 0 unspecified atom stereocenters. The van der Waals surface area contributed by atoms with E-state index in [0.717, 1.165) is 88.4 Å². The molecule has 8 aromatic carbocycles. The normalized spacial score (nSPS) is 11.6. The van der Waals surface area contributed by atoms with Gasteiger partial charge < -0.3 is 8.98 Å². The van der Waals surface area contributed by atoms with Crippen molar-refractivity contribution in [3.8, 4) is 62.1 Å². The first-order valence-electron chi connectivity index (χ1n) is 18.8. The number of aromatic nitrogens is 4. The van der Waals surface area contributed by atoms with Crippen molar-refractivity contribution in [2.24, 2.45) is 0 Å². The van der Waals surface area contributed by atoms with Gasteiger partial charge in [-0.3, -0.25) is 0 Å². The molecule has 5 nitrogen and oxygen atoms in total. The lowest BCUT2D eigenvalue weighted by Gasteiger charge is -2.10. The summed E-state index contributed by atoms with van der Waals surface area (Å²) in [5, 5.41) is 4.37. The molecule has 262 valence electrons. The Morgan fingerprint density at radius 2 is 0.839 bits per heavy atom. The van der Waals surface area contributed by atoms with Gasteiger partial charge in [-0.25, -0.2) is 15.0 Å². The zero-order valence-electron chi connectivity index (χ0n) is 30.2. The Balaban J connectivity index is 1.09. The minimum atomic E-state index is 0.577. The Bertz CT molecular complexity index is 3140. The van der Waals surface area contributed by atoms with E-state index < -0.39 is 0 Å². The van der Waals surface area contributed by atoms with Gasteiger partial charge in [-0.05, 0) is 76.9 Å². The van der Waals surface area contributed by atoms with Crippen molar-refractivity contribution in [3.63, 3.8) is 0 Å². The van der Waals surface area contributed by atoms with Crippen LogP contribution in [0, 0.1) is 0 Å². The van der Waals surface area contributed by atoms with E-state index in [9.17, 15) is 0 Å². The van der Waals surface area contributed by atoms with Crippen LogP contribution in [0.3, 0.4) is 0 Å². The molecule has 0 atom stereocenters. The van der Waals surface area contributed by atoms with Crippen LogP contribution < -0.4 is 0 Å². The molecule has 0 saturated heterocycles. The van der Waals surface area contributed by atoms with Gasteiger partial charge >= 0.3 is 0 Å². The smallest absolute Gasteiger partial charge is 0.164 e. The van der Waals surface area contributed by atoms with Crippen LogP contribution in [0.25, 0.3) is 106 Å². The maximum atomic E-state index is 6.86.